The molecule has 0 aliphatic heterocycles. The number of nitrogens with zero attached hydrogens (tertiary/aromatic N) is 1. The number of allylic oxidation sites excluding steroid dienone is 1. The zero-order valence-corrected chi connectivity index (χ0v) is 7.99. The molecule has 1 heterocycles. The van der Waals surface area contributed by atoms with Crippen LogP contribution >= 0.6 is 0 Å². The van der Waals surface area contributed by atoms with E-state index >= 15 is 0 Å². The highest BCUT2D eigenvalue weighted by Gasteiger charge is 2.26. The first-order chi connectivity index (χ1) is 6.81. The third-order valence-electron chi connectivity index (χ3n) is 1.86. The summed E-state index contributed by atoms with van der Waals surface area (Å²) in [6.45, 7) is 1.28. The van der Waals surface area contributed by atoms with Gasteiger partial charge < -0.3 is 5.11 Å². The Hall–Kier alpha value is -1.36. The minimum absolute atomic E-state index is 0.0213. The molecule has 0 bridgehead atoms. The largest absolute Gasteiger partial charge is 0.409 e. The topological polar surface area (TPSA) is 33.1 Å². The monoisotopic (exact) mass is 217 g/mol. The van der Waals surface area contributed by atoms with Crippen molar-refractivity contribution in [3.8, 4) is 0 Å². The average Bonchev–Trinajstić information content (AvgIpc) is 2.16. The van der Waals surface area contributed by atoms with Gasteiger partial charge in [-0.05, 0) is 30.7 Å². The van der Waals surface area contributed by atoms with Crippen LogP contribution in [0.3, 0.4) is 0 Å². The van der Waals surface area contributed by atoms with Crippen molar-refractivity contribution in [1.82, 2.24) is 4.98 Å². The van der Waals surface area contributed by atoms with E-state index in [0.29, 0.717) is 11.6 Å². The number of halogens is 3. The van der Waals surface area contributed by atoms with Crippen LogP contribution in [0.1, 0.15) is 12.5 Å². The van der Waals surface area contributed by atoms with E-state index in [1.165, 1.54) is 31.5 Å². The van der Waals surface area contributed by atoms with Gasteiger partial charge in [-0.2, -0.15) is 13.2 Å². The third kappa shape index (κ3) is 3.71. The fraction of sp³-hybridized carbons (Fsp3) is 0.300. The molecule has 2 nitrogen and oxygen atoms in total. The van der Waals surface area contributed by atoms with Crippen molar-refractivity contribution in [2.24, 2.45) is 0 Å². The van der Waals surface area contributed by atoms with E-state index in [1.54, 1.807) is 0 Å². The van der Waals surface area contributed by atoms with E-state index in [0.717, 1.165) is 0 Å². The van der Waals surface area contributed by atoms with E-state index in [-0.39, 0.29) is 6.08 Å². The molecule has 15 heavy (non-hydrogen) atoms. The van der Waals surface area contributed by atoms with Crippen LogP contribution in [0.2, 0.25) is 0 Å². The van der Waals surface area contributed by atoms with Gasteiger partial charge in [0.1, 0.15) is 5.60 Å². The van der Waals surface area contributed by atoms with E-state index in [2.05, 4.69) is 4.98 Å². The van der Waals surface area contributed by atoms with Crippen molar-refractivity contribution in [2.45, 2.75) is 18.7 Å². The molecule has 1 aromatic heterocycles. The molecule has 0 aliphatic rings. The number of pyridine rings is 1. The molecule has 0 aromatic carbocycles. The Balaban J connectivity index is 2.90. The number of aliphatic hydroxyl groups is 1. The van der Waals surface area contributed by atoms with Gasteiger partial charge in [0.15, 0.2) is 0 Å². The highest BCUT2D eigenvalue weighted by atomic mass is 19.4. The molecule has 1 atom stereocenters. The van der Waals surface area contributed by atoms with Crippen molar-refractivity contribution in [3.05, 3.63) is 42.2 Å². The Kier molecular flexibility index (Phi) is 3.14. The molecule has 1 N–H and O–H groups in total. The Morgan fingerprint density at radius 1 is 1.20 bits per heavy atom. The van der Waals surface area contributed by atoms with Gasteiger partial charge in [-0.25, -0.2) is 0 Å². The Morgan fingerprint density at radius 3 is 2.20 bits per heavy atom. The fourth-order valence-electron chi connectivity index (χ4n) is 1.04. The maximum atomic E-state index is 11.9. The molecule has 82 valence electrons. The van der Waals surface area contributed by atoms with Gasteiger partial charge in [0.2, 0.25) is 0 Å². The third-order valence-corrected chi connectivity index (χ3v) is 1.86. The summed E-state index contributed by atoms with van der Waals surface area (Å²) in [5, 5.41) is 9.73. The van der Waals surface area contributed by atoms with Crippen molar-refractivity contribution < 1.29 is 18.3 Å². The van der Waals surface area contributed by atoms with Crippen LogP contribution in [0.25, 0.3) is 0 Å². The quantitative estimate of drug-likeness (QED) is 0.771. The van der Waals surface area contributed by atoms with E-state index in [1.807, 2.05) is 0 Å². The van der Waals surface area contributed by atoms with E-state index < -0.39 is 11.8 Å². The van der Waals surface area contributed by atoms with Crippen LogP contribution in [0, 0.1) is 0 Å². The average molecular weight is 217 g/mol. The van der Waals surface area contributed by atoms with Crippen LogP contribution in [0.5, 0.6) is 0 Å². The fourth-order valence-corrected chi connectivity index (χ4v) is 1.04. The molecular formula is C10H10F3NO. The first-order valence-electron chi connectivity index (χ1n) is 4.21. The molecular weight excluding hydrogens is 207 g/mol. The molecule has 1 rings (SSSR count). The second-order valence-corrected chi connectivity index (χ2v) is 3.26. The normalized spacial score (nSPS) is 16.6. The molecule has 0 aliphatic carbocycles. The maximum absolute atomic E-state index is 11.9. The lowest BCUT2D eigenvalue weighted by Crippen LogP contribution is -2.19. The standard InChI is InChI=1S/C10H10F3NO/c1-9(15,4-5-10(11,12)13)8-2-6-14-7-3-8/h2-7,15H,1H3/b5-4+. The molecule has 0 saturated carbocycles. The number of hydrogen-bond acceptors (Lipinski definition) is 2. The van der Waals surface area contributed by atoms with Crippen molar-refractivity contribution in [3.63, 3.8) is 0 Å². The molecule has 0 saturated heterocycles. The Bertz CT molecular complexity index is 343. The second kappa shape index (κ2) is 4.02. The molecule has 0 amide bonds. The van der Waals surface area contributed by atoms with E-state index in [9.17, 15) is 18.3 Å². The zero-order valence-electron chi connectivity index (χ0n) is 7.99. The Morgan fingerprint density at radius 2 is 1.73 bits per heavy atom. The SMILES string of the molecule is CC(O)(/C=C/C(F)(F)F)c1ccncc1. The lowest BCUT2D eigenvalue weighted by Gasteiger charge is -2.19. The minimum atomic E-state index is -4.42. The van der Waals surface area contributed by atoms with Gasteiger partial charge in [-0.3, -0.25) is 4.98 Å². The van der Waals surface area contributed by atoms with Crippen LogP contribution in [0.4, 0.5) is 13.2 Å². The number of hydrogen-bond donors (Lipinski definition) is 1. The summed E-state index contributed by atoms with van der Waals surface area (Å²) >= 11 is 0. The first kappa shape index (κ1) is 11.7. The molecule has 0 fully saturated rings. The molecule has 1 unspecified atom stereocenters. The molecule has 5 heteroatoms. The number of rotatable bonds is 2. The first-order valence-corrected chi connectivity index (χ1v) is 4.21. The van der Waals surface area contributed by atoms with Crippen LogP contribution in [-0.4, -0.2) is 16.3 Å². The highest BCUT2D eigenvalue weighted by Crippen LogP contribution is 2.24. The summed E-state index contributed by atoms with van der Waals surface area (Å²) in [5.74, 6) is 0. The second-order valence-electron chi connectivity index (χ2n) is 3.26. The highest BCUT2D eigenvalue weighted by molar-refractivity contribution is 5.24. The van der Waals surface area contributed by atoms with Crippen LogP contribution in [0.15, 0.2) is 36.7 Å². The summed E-state index contributed by atoms with van der Waals surface area (Å²) in [6.07, 6.45) is -0.872. The summed E-state index contributed by atoms with van der Waals surface area (Å²) < 4.78 is 35.7. The minimum Gasteiger partial charge on any atom is -0.381 e. The predicted molar refractivity (Wildman–Crippen MR) is 49.0 cm³/mol. The molecule has 0 spiro atoms. The van der Waals surface area contributed by atoms with E-state index in [4.69, 9.17) is 0 Å². The van der Waals surface area contributed by atoms with Crippen molar-refractivity contribution in [2.75, 3.05) is 0 Å². The summed E-state index contributed by atoms with van der Waals surface area (Å²) in [6, 6.07) is 2.92. The van der Waals surface area contributed by atoms with Gasteiger partial charge in [0.25, 0.3) is 0 Å². The summed E-state index contributed by atoms with van der Waals surface area (Å²) in [7, 11) is 0. The summed E-state index contributed by atoms with van der Waals surface area (Å²) in [4.78, 5) is 3.71. The van der Waals surface area contributed by atoms with Crippen molar-refractivity contribution >= 4 is 0 Å². The van der Waals surface area contributed by atoms with Gasteiger partial charge in [-0.1, -0.05) is 0 Å². The zero-order chi connectivity index (χ0) is 11.5. The smallest absolute Gasteiger partial charge is 0.381 e. The van der Waals surface area contributed by atoms with Gasteiger partial charge in [0.05, 0.1) is 0 Å². The van der Waals surface area contributed by atoms with Crippen LogP contribution in [-0.2, 0) is 5.60 Å². The van der Waals surface area contributed by atoms with Gasteiger partial charge in [-0.15, -0.1) is 0 Å². The Labute approximate surface area is 85.1 Å². The van der Waals surface area contributed by atoms with Gasteiger partial charge >= 0.3 is 6.18 Å². The molecule has 0 radical (unpaired) electrons. The predicted octanol–water partition coefficient (Wildman–Crippen LogP) is 2.41. The van der Waals surface area contributed by atoms with Gasteiger partial charge in [0, 0.05) is 18.5 Å². The molecule has 1 aromatic rings. The van der Waals surface area contributed by atoms with Crippen molar-refractivity contribution in [1.29, 1.82) is 0 Å². The maximum Gasteiger partial charge on any atom is 0.409 e. The van der Waals surface area contributed by atoms with Crippen LogP contribution < -0.4 is 0 Å². The number of alkyl halides is 3. The summed E-state index contributed by atoms with van der Waals surface area (Å²) in [5.41, 5.74) is -1.28. The lowest BCUT2D eigenvalue weighted by atomic mass is 9.97. The lowest BCUT2D eigenvalue weighted by molar-refractivity contribution is -0.0813. The number of aromatic nitrogens is 1.